The molecule has 2 aliphatic rings. The zero-order valence-electron chi connectivity index (χ0n) is 8.69. The SMILES string of the molecule is CN1CCC2(Cc3ccccc3O2)C1=O. The number of rotatable bonds is 0. The summed E-state index contributed by atoms with van der Waals surface area (Å²) in [5, 5.41) is 0. The molecule has 1 spiro atoms. The van der Waals surface area contributed by atoms with Crippen LogP contribution in [-0.2, 0) is 11.2 Å². The molecule has 1 amide bonds. The smallest absolute Gasteiger partial charge is 0.266 e. The van der Waals surface area contributed by atoms with Gasteiger partial charge in [-0.05, 0) is 11.6 Å². The fraction of sp³-hybridized carbons (Fsp3) is 0.417. The average molecular weight is 203 g/mol. The molecule has 1 fully saturated rings. The molecule has 3 nitrogen and oxygen atoms in total. The highest BCUT2D eigenvalue weighted by molar-refractivity contribution is 5.89. The molecule has 78 valence electrons. The Balaban J connectivity index is 1.99. The minimum Gasteiger partial charge on any atom is -0.477 e. The van der Waals surface area contributed by atoms with Crippen molar-refractivity contribution in [2.24, 2.45) is 0 Å². The van der Waals surface area contributed by atoms with Gasteiger partial charge in [-0.25, -0.2) is 0 Å². The first-order valence-corrected chi connectivity index (χ1v) is 5.24. The maximum Gasteiger partial charge on any atom is 0.266 e. The van der Waals surface area contributed by atoms with Crippen molar-refractivity contribution < 1.29 is 9.53 Å². The molecule has 0 saturated carbocycles. The second kappa shape index (κ2) is 2.75. The van der Waals surface area contributed by atoms with Crippen molar-refractivity contribution in [3.8, 4) is 5.75 Å². The third kappa shape index (κ3) is 1.09. The van der Waals surface area contributed by atoms with Crippen molar-refractivity contribution in [2.75, 3.05) is 13.6 Å². The summed E-state index contributed by atoms with van der Waals surface area (Å²) in [6.45, 7) is 0.798. The molecule has 15 heavy (non-hydrogen) atoms. The third-order valence-corrected chi connectivity index (χ3v) is 3.34. The number of amides is 1. The van der Waals surface area contributed by atoms with Gasteiger partial charge < -0.3 is 9.64 Å². The molecular weight excluding hydrogens is 190 g/mol. The Labute approximate surface area is 88.6 Å². The van der Waals surface area contributed by atoms with Gasteiger partial charge in [0.15, 0.2) is 5.60 Å². The van der Waals surface area contributed by atoms with Crippen LogP contribution in [0.5, 0.6) is 5.75 Å². The van der Waals surface area contributed by atoms with Crippen LogP contribution in [0.2, 0.25) is 0 Å². The predicted molar refractivity (Wildman–Crippen MR) is 55.8 cm³/mol. The van der Waals surface area contributed by atoms with Gasteiger partial charge in [-0.1, -0.05) is 18.2 Å². The topological polar surface area (TPSA) is 29.5 Å². The lowest BCUT2D eigenvalue weighted by Crippen LogP contribution is -2.42. The number of likely N-dealkylation sites (tertiary alicyclic amines) is 1. The fourth-order valence-electron chi connectivity index (χ4n) is 2.47. The molecule has 0 aromatic heterocycles. The molecule has 0 radical (unpaired) electrons. The van der Waals surface area contributed by atoms with E-state index < -0.39 is 5.60 Å². The summed E-state index contributed by atoms with van der Waals surface area (Å²) in [6.07, 6.45) is 1.53. The first-order chi connectivity index (χ1) is 7.21. The van der Waals surface area contributed by atoms with E-state index in [-0.39, 0.29) is 5.91 Å². The first kappa shape index (κ1) is 8.77. The molecule has 1 aromatic rings. The molecular formula is C12H13NO2. The molecule has 0 bridgehead atoms. The van der Waals surface area contributed by atoms with E-state index in [0.717, 1.165) is 30.7 Å². The lowest BCUT2D eigenvalue weighted by molar-refractivity contribution is -0.138. The van der Waals surface area contributed by atoms with E-state index in [2.05, 4.69) is 0 Å². The number of para-hydroxylation sites is 1. The molecule has 1 aromatic carbocycles. The number of nitrogens with zero attached hydrogens (tertiary/aromatic N) is 1. The molecule has 3 rings (SSSR count). The van der Waals surface area contributed by atoms with Crippen LogP contribution in [0.4, 0.5) is 0 Å². The molecule has 1 unspecified atom stereocenters. The highest BCUT2D eigenvalue weighted by atomic mass is 16.5. The molecule has 2 heterocycles. The number of carbonyl (C=O) groups is 1. The third-order valence-electron chi connectivity index (χ3n) is 3.34. The van der Waals surface area contributed by atoms with Crippen LogP contribution in [0.1, 0.15) is 12.0 Å². The number of hydrogen-bond donors (Lipinski definition) is 0. The quantitative estimate of drug-likeness (QED) is 0.634. The second-order valence-electron chi connectivity index (χ2n) is 4.36. The van der Waals surface area contributed by atoms with Gasteiger partial charge in [-0.2, -0.15) is 0 Å². The van der Waals surface area contributed by atoms with Crippen molar-refractivity contribution in [1.82, 2.24) is 4.90 Å². The van der Waals surface area contributed by atoms with Gasteiger partial charge in [0.2, 0.25) is 0 Å². The number of carbonyl (C=O) groups excluding carboxylic acids is 1. The van der Waals surface area contributed by atoms with Crippen LogP contribution in [0, 0.1) is 0 Å². The number of ether oxygens (including phenoxy) is 1. The Morgan fingerprint density at radius 2 is 2.20 bits per heavy atom. The minimum atomic E-state index is -0.585. The zero-order chi connectivity index (χ0) is 10.5. The minimum absolute atomic E-state index is 0.124. The highest BCUT2D eigenvalue weighted by Crippen LogP contribution is 2.40. The van der Waals surface area contributed by atoms with E-state index >= 15 is 0 Å². The summed E-state index contributed by atoms with van der Waals surface area (Å²) in [6, 6.07) is 7.91. The maximum absolute atomic E-state index is 12.0. The predicted octanol–water partition coefficient (Wildman–Crippen LogP) is 1.22. The fourth-order valence-corrected chi connectivity index (χ4v) is 2.47. The van der Waals surface area contributed by atoms with E-state index in [0.29, 0.717) is 0 Å². The van der Waals surface area contributed by atoms with Gasteiger partial charge >= 0.3 is 0 Å². The van der Waals surface area contributed by atoms with Gasteiger partial charge in [0.25, 0.3) is 5.91 Å². The van der Waals surface area contributed by atoms with Gasteiger partial charge in [0.1, 0.15) is 5.75 Å². The average Bonchev–Trinajstić information content (AvgIpc) is 2.75. The van der Waals surface area contributed by atoms with Gasteiger partial charge in [0.05, 0.1) is 0 Å². The Morgan fingerprint density at radius 1 is 1.40 bits per heavy atom. The van der Waals surface area contributed by atoms with E-state index in [1.807, 2.05) is 31.3 Å². The number of benzene rings is 1. The van der Waals surface area contributed by atoms with Crippen molar-refractivity contribution >= 4 is 5.91 Å². The Kier molecular flexibility index (Phi) is 1.61. The maximum atomic E-state index is 12.0. The van der Waals surface area contributed by atoms with Crippen LogP contribution >= 0.6 is 0 Å². The highest BCUT2D eigenvalue weighted by Gasteiger charge is 2.51. The molecule has 0 N–H and O–H groups in total. The summed E-state index contributed by atoms with van der Waals surface area (Å²) in [5.41, 5.74) is 0.569. The lowest BCUT2D eigenvalue weighted by atomic mass is 9.96. The number of fused-ring (bicyclic) bond motifs is 1. The molecule has 3 heteroatoms. The number of hydrogen-bond acceptors (Lipinski definition) is 2. The Bertz CT molecular complexity index is 402. The molecule has 2 aliphatic heterocycles. The summed E-state index contributed by atoms with van der Waals surface area (Å²) >= 11 is 0. The van der Waals surface area contributed by atoms with Crippen LogP contribution in [0.15, 0.2) is 24.3 Å². The van der Waals surface area contributed by atoms with Crippen molar-refractivity contribution in [1.29, 1.82) is 0 Å². The van der Waals surface area contributed by atoms with Gasteiger partial charge in [-0.3, -0.25) is 4.79 Å². The normalized spacial score (nSPS) is 28.3. The van der Waals surface area contributed by atoms with Crippen LogP contribution < -0.4 is 4.74 Å². The van der Waals surface area contributed by atoms with E-state index in [1.165, 1.54) is 0 Å². The summed E-state index contributed by atoms with van der Waals surface area (Å²) in [5.74, 6) is 1.000. The zero-order valence-corrected chi connectivity index (χ0v) is 8.69. The van der Waals surface area contributed by atoms with E-state index in [1.54, 1.807) is 4.90 Å². The Hall–Kier alpha value is -1.51. The summed E-state index contributed by atoms with van der Waals surface area (Å²) < 4.78 is 5.85. The van der Waals surface area contributed by atoms with Crippen LogP contribution in [0.3, 0.4) is 0 Å². The number of likely N-dealkylation sites (N-methyl/N-ethyl adjacent to an activating group) is 1. The standard InChI is InChI=1S/C12H13NO2/c1-13-7-6-12(11(13)14)8-9-4-2-3-5-10(9)15-12/h2-5H,6-8H2,1H3. The van der Waals surface area contributed by atoms with Crippen LogP contribution in [-0.4, -0.2) is 30.0 Å². The second-order valence-corrected chi connectivity index (χ2v) is 4.36. The molecule has 0 aliphatic carbocycles. The lowest BCUT2D eigenvalue weighted by Gasteiger charge is -2.20. The first-order valence-electron chi connectivity index (χ1n) is 5.24. The summed E-state index contributed by atoms with van der Waals surface area (Å²) in [7, 11) is 1.84. The largest absolute Gasteiger partial charge is 0.477 e. The van der Waals surface area contributed by atoms with Gasteiger partial charge in [0, 0.05) is 26.4 Å². The summed E-state index contributed by atoms with van der Waals surface area (Å²) in [4.78, 5) is 13.8. The van der Waals surface area contributed by atoms with Crippen LogP contribution in [0.25, 0.3) is 0 Å². The molecule has 1 saturated heterocycles. The Morgan fingerprint density at radius 3 is 2.87 bits per heavy atom. The van der Waals surface area contributed by atoms with Crippen molar-refractivity contribution in [2.45, 2.75) is 18.4 Å². The molecule has 1 atom stereocenters. The van der Waals surface area contributed by atoms with E-state index in [9.17, 15) is 4.79 Å². The van der Waals surface area contributed by atoms with Gasteiger partial charge in [-0.15, -0.1) is 0 Å². The van der Waals surface area contributed by atoms with Crippen molar-refractivity contribution in [3.05, 3.63) is 29.8 Å². The van der Waals surface area contributed by atoms with Crippen molar-refractivity contribution in [3.63, 3.8) is 0 Å². The monoisotopic (exact) mass is 203 g/mol. The van der Waals surface area contributed by atoms with E-state index in [4.69, 9.17) is 4.74 Å².